The van der Waals surface area contributed by atoms with Gasteiger partial charge in [-0.3, -0.25) is 29.4 Å². The molecule has 0 saturated heterocycles. The molecule has 2 aromatic carbocycles. The Morgan fingerprint density at radius 1 is 0.918 bits per heavy atom. The highest BCUT2D eigenvalue weighted by atomic mass is 32.1. The molecule has 10 rings (SSSR count). The number of pyridine rings is 2. The van der Waals surface area contributed by atoms with E-state index < -0.39 is 11.9 Å². The topological polar surface area (TPSA) is 190 Å². The van der Waals surface area contributed by atoms with E-state index in [-0.39, 0.29) is 46.4 Å². The van der Waals surface area contributed by atoms with Crippen molar-refractivity contribution in [1.82, 2.24) is 29.6 Å². The van der Waals surface area contributed by atoms with Crippen molar-refractivity contribution in [3.8, 4) is 22.4 Å². The number of para-hydroxylation sites is 1. The Morgan fingerprint density at radius 2 is 1.70 bits per heavy atom. The molecule has 2 amide bonds. The van der Waals surface area contributed by atoms with Gasteiger partial charge in [-0.2, -0.15) is 5.10 Å². The number of hydrogen-bond donors (Lipinski definition) is 3. The molecule has 3 N–H and O–H groups in total. The second kappa shape index (κ2) is 15.1. The van der Waals surface area contributed by atoms with E-state index in [1.54, 1.807) is 36.7 Å². The second-order valence-corrected chi connectivity index (χ2v) is 19.3. The molecule has 14 nitrogen and oxygen atoms in total. The highest BCUT2D eigenvalue weighted by Gasteiger charge is 2.66. The number of nitrogens with one attached hydrogen (secondary N) is 1. The van der Waals surface area contributed by atoms with Crippen molar-refractivity contribution in [3.63, 3.8) is 0 Å². The van der Waals surface area contributed by atoms with Crippen LogP contribution in [0.5, 0.6) is 0 Å². The molecule has 15 heteroatoms. The SMILES string of the molecule is Cc1c(-c2ccc(-c3ccc4nccc(C(=O)Nc5nc6ccccc6s5)c4c3)nc2C(=O)O)cnn1CC12CC3(C)CC(C)(C1)CC(OCCN(C=O)CCC(=O)O)(C3)C2. The van der Waals surface area contributed by atoms with Crippen LogP contribution in [0.3, 0.4) is 0 Å². The van der Waals surface area contributed by atoms with Gasteiger partial charge in [0, 0.05) is 53.6 Å². The minimum Gasteiger partial charge on any atom is -0.481 e. The van der Waals surface area contributed by atoms with Gasteiger partial charge >= 0.3 is 11.9 Å². The van der Waals surface area contributed by atoms with Crippen LogP contribution in [0.1, 0.15) is 85.3 Å². The molecule has 2 atom stereocenters. The molecule has 0 aliphatic heterocycles. The Morgan fingerprint density at radius 3 is 2.44 bits per heavy atom. The molecule has 0 spiro atoms. The number of thiazole rings is 1. The number of carbonyl (C=O) groups is 4. The van der Waals surface area contributed by atoms with Crippen LogP contribution in [0.15, 0.2) is 73.1 Å². The number of amides is 2. The van der Waals surface area contributed by atoms with E-state index in [1.165, 1.54) is 16.2 Å². The molecule has 4 bridgehead atoms. The zero-order valence-electron chi connectivity index (χ0n) is 34.3. The molecule has 4 saturated carbocycles. The maximum Gasteiger partial charge on any atom is 0.355 e. The zero-order valence-corrected chi connectivity index (χ0v) is 35.1. The van der Waals surface area contributed by atoms with Gasteiger partial charge < -0.3 is 19.8 Å². The third-order valence-corrected chi connectivity index (χ3v) is 13.9. The van der Waals surface area contributed by atoms with Gasteiger partial charge in [0.15, 0.2) is 10.8 Å². The van der Waals surface area contributed by atoms with Gasteiger partial charge in [-0.15, -0.1) is 0 Å². The van der Waals surface area contributed by atoms with Crippen LogP contribution in [0.25, 0.3) is 43.5 Å². The molecule has 2 unspecified atom stereocenters. The Hall–Kier alpha value is -6.06. The lowest BCUT2D eigenvalue weighted by Gasteiger charge is -2.69. The summed E-state index contributed by atoms with van der Waals surface area (Å²) in [4.78, 5) is 64.4. The van der Waals surface area contributed by atoms with Crippen LogP contribution in [-0.2, 0) is 20.9 Å². The van der Waals surface area contributed by atoms with E-state index in [0.29, 0.717) is 70.1 Å². The molecule has 61 heavy (non-hydrogen) atoms. The smallest absolute Gasteiger partial charge is 0.355 e. The summed E-state index contributed by atoms with van der Waals surface area (Å²) >= 11 is 1.39. The first-order valence-electron chi connectivity index (χ1n) is 20.5. The van der Waals surface area contributed by atoms with E-state index in [1.807, 2.05) is 48.0 Å². The van der Waals surface area contributed by atoms with Crippen LogP contribution in [-0.4, -0.2) is 89.4 Å². The normalized spacial score (nSPS) is 24.0. The standard InChI is InChI=1S/C46H47N7O7S/c1-28-33(19-48-53(28)26-45-21-43(2)20-44(3,22-45)24-46(23-43,25-45)60-17-16-52(27-54)15-13-38(55)56)30-9-11-34(49-39(30)41(58)59)29-8-10-35-32(18-29)31(12-14-47-35)40(57)51-42-50-36-6-4-5-7-37(36)61-42/h4-12,14,18-19,27H,13,15-17,20-26H2,1-3H3,(H,55,56)(H,58,59)(H,50,51,57). The Labute approximate surface area is 356 Å². The summed E-state index contributed by atoms with van der Waals surface area (Å²) in [5.74, 6) is -2.44. The molecular formula is C46H47N7O7S. The summed E-state index contributed by atoms with van der Waals surface area (Å²) < 4.78 is 9.75. The van der Waals surface area contributed by atoms with E-state index >= 15 is 0 Å². The quantitative estimate of drug-likeness (QED) is 0.0848. The number of aliphatic carboxylic acids is 1. The monoisotopic (exact) mass is 841 g/mol. The summed E-state index contributed by atoms with van der Waals surface area (Å²) in [6, 6.07) is 18.3. The van der Waals surface area contributed by atoms with Crippen molar-refractivity contribution in [1.29, 1.82) is 0 Å². The third-order valence-electron chi connectivity index (χ3n) is 13.0. The number of carboxylic acids is 2. The second-order valence-electron chi connectivity index (χ2n) is 18.2. The van der Waals surface area contributed by atoms with Crippen LogP contribution < -0.4 is 5.32 Å². The van der Waals surface area contributed by atoms with Gasteiger partial charge in [0.05, 0.1) is 51.8 Å². The number of rotatable bonds is 15. The number of benzene rings is 2. The number of hydrogen-bond acceptors (Lipinski definition) is 10. The molecule has 0 radical (unpaired) electrons. The van der Waals surface area contributed by atoms with Crippen molar-refractivity contribution in [2.24, 2.45) is 16.2 Å². The van der Waals surface area contributed by atoms with E-state index in [0.717, 1.165) is 54.4 Å². The molecule has 4 heterocycles. The highest BCUT2D eigenvalue weighted by molar-refractivity contribution is 7.22. The molecule has 4 aliphatic carbocycles. The minimum absolute atomic E-state index is 0.0665. The van der Waals surface area contributed by atoms with Crippen LogP contribution in [0.4, 0.5) is 5.13 Å². The number of ether oxygens (including phenoxy) is 1. The maximum absolute atomic E-state index is 13.6. The molecule has 4 aromatic heterocycles. The fourth-order valence-electron chi connectivity index (χ4n) is 11.8. The number of nitrogens with zero attached hydrogens (tertiary/aromatic N) is 6. The summed E-state index contributed by atoms with van der Waals surface area (Å²) in [5, 5.41) is 28.5. The zero-order chi connectivity index (χ0) is 42.7. The van der Waals surface area contributed by atoms with Crippen molar-refractivity contribution >= 4 is 61.8 Å². The number of aromatic carboxylic acids is 1. The van der Waals surface area contributed by atoms with Crippen LogP contribution in [0.2, 0.25) is 0 Å². The summed E-state index contributed by atoms with van der Waals surface area (Å²) in [6.45, 7) is 8.17. The number of carbonyl (C=O) groups excluding carboxylic acids is 2. The van der Waals surface area contributed by atoms with Crippen molar-refractivity contribution in [2.45, 2.75) is 77.9 Å². The predicted octanol–water partition coefficient (Wildman–Crippen LogP) is 8.10. The average Bonchev–Trinajstić information content (AvgIpc) is 3.78. The highest BCUT2D eigenvalue weighted by Crippen LogP contribution is 2.72. The predicted molar refractivity (Wildman–Crippen MR) is 230 cm³/mol. The lowest BCUT2D eigenvalue weighted by atomic mass is 9.39. The summed E-state index contributed by atoms with van der Waals surface area (Å²) in [7, 11) is 0. The Kier molecular flexibility index (Phi) is 10.0. The largest absolute Gasteiger partial charge is 0.481 e. The van der Waals surface area contributed by atoms with Gasteiger partial charge in [0.25, 0.3) is 5.91 Å². The van der Waals surface area contributed by atoms with Crippen LogP contribution in [0, 0.1) is 23.2 Å². The number of anilines is 1. The van der Waals surface area contributed by atoms with Crippen molar-refractivity contribution < 1.29 is 34.1 Å². The van der Waals surface area contributed by atoms with E-state index in [9.17, 15) is 24.3 Å². The van der Waals surface area contributed by atoms with E-state index in [2.05, 4.69) is 34.1 Å². The number of fused-ring (bicyclic) bond motifs is 2. The third kappa shape index (κ3) is 7.76. The average molecular weight is 842 g/mol. The first kappa shape index (κ1) is 40.4. The molecule has 4 fully saturated rings. The Balaban J connectivity index is 0.965. The summed E-state index contributed by atoms with van der Waals surface area (Å²) in [6.07, 6.45) is 9.78. The van der Waals surface area contributed by atoms with Gasteiger partial charge in [-0.25, -0.2) is 14.8 Å². The molecule has 314 valence electrons. The fraction of sp³-hybridized carbons (Fsp3) is 0.391. The lowest BCUT2D eigenvalue weighted by molar-refractivity contribution is -0.248. The fourth-order valence-corrected chi connectivity index (χ4v) is 12.6. The number of aromatic nitrogens is 5. The molecule has 4 aliphatic rings. The first-order valence-corrected chi connectivity index (χ1v) is 21.4. The van der Waals surface area contributed by atoms with Gasteiger partial charge in [0.1, 0.15) is 0 Å². The first-order chi connectivity index (χ1) is 29.2. The lowest BCUT2D eigenvalue weighted by Crippen LogP contribution is -2.64. The van der Waals surface area contributed by atoms with Crippen LogP contribution >= 0.6 is 11.3 Å². The van der Waals surface area contributed by atoms with Crippen molar-refractivity contribution in [3.05, 3.63) is 90.0 Å². The van der Waals surface area contributed by atoms with Crippen molar-refractivity contribution in [2.75, 3.05) is 25.0 Å². The Bertz CT molecular complexity index is 2690. The van der Waals surface area contributed by atoms with Gasteiger partial charge in [-0.1, -0.05) is 43.4 Å². The molecule has 6 aromatic rings. The maximum atomic E-state index is 13.6. The molecular weight excluding hydrogens is 795 g/mol. The van der Waals surface area contributed by atoms with Gasteiger partial charge in [-0.05, 0) is 104 Å². The van der Waals surface area contributed by atoms with E-state index in [4.69, 9.17) is 14.9 Å². The minimum atomic E-state index is -1.17. The summed E-state index contributed by atoms with van der Waals surface area (Å²) in [5.41, 5.74) is 4.45. The van der Waals surface area contributed by atoms with Gasteiger partial charge in [0.2, 0.25) is 6.41 Å². The number of carboxylic acid groups (broad SMARTS) is 2.